The highest BCUT2D eigenvalue weighted by molar-refractivity contribution is 6.51. The molecule has 0 aromatic carbocycles. The van der Waals surface area contributed by atoms with Crippen molar-refractivity contribution in [2.24, 2.45) is 16.2 Å². The van der Waals surface area contributed by atoms with Gasteiger partial charge in [-0.05, 0) is 27.7 Å². The van der Waals surface area contributed by atoms with Crippen molar-refractivity contribution in [3.8, 4) is 0 Å². The minimum Gasteiger partial charge on any atom is -0.126 e. The molecule has 2 rings (SSSR count). The van der Waals surface area contributed by atoms with Crippen LogP contribution in [-0.2, 0) is 0 Å². The fourth-order valence-electron chi connectivity index (χ4n) is 5.92. The molecular weight excluding hydrogens is 499 g/mol. The lowest BCUT2D eigenvalue weighted by Crippen LogP contribution is -2.72. The molecule has 142 valence electrons. The molecule has 0 aromatic rings. The Morgan fingerprint density at radius 1 is 0.625 bits per heavy atom. The van der Waals surface area contributed by atoms with Crippen molar-refractivity contribution in [2.45, 2.75) is 63.8 Å². The molecular formula is C15H19Cl9. The van der Waals surface area contributed by atoms with Crippen LogP contribution in [0.5, 0.6) is 0 Å². The molecule has 0 unspecified atom stereocenters. The van der Waals surface area contributed by atoms with E-state index in [4.69, 9.17) is 104 Å². The molecule has 0 nitrogen and oxygen atoms in total. The van der Waals surface area contributed by atoms with Gasteiger partial charge in [0.15, 0.2) is 0 Å². The first kappa shape index (κ1) is 22.9. The minimum absolute atomic E-state index is 0.00759. The number of rotatable bonds is 3. The van der Waals surface area contributed by atoms with E-state index in [0.717, 1.165) is 0 Å². The van der Waals surface area contributed by atoms with Crippen LogP contribution < -0.4 is 0 Å². The van der Waals surface area contributed by atoms with Gasteiger partial charge in [0.1, 0.15) is 9.67 Å². The SMILES string of the molecule is CC12[C@](CCl)(C(Cl)Cl)C(C(Cl)Cl)([C@](C)(Cl)[C@@]1(C)Cl)[C@](C)(Cl)[C@@]2(C)Cl. The van der Waals surface area contributed by atoms with E-state index in [9.17, 15) is 0 Å². The standard InChI is InChI=1S/C15H19Cl9/c1-9-10(2,21)12(4,23)15(8(19)20,13(5,24)11(9,3)22)14(9,6-16)7(17)18/h7-8H,6H2,1-5H3/t9?,10-,11-,12+,13+,14-,15?/m0/s1. The molecule has 0 amide bonds. The van der Waals surface area contributed by atoms with Crippen molar-refractivity contribution in [3.05, 3.63) is 0 Å². The van der Waals surface area contributed by atoms with Crippen LogP contribution in [0.4, 0.5) is 0 Å². The Balaban J connectivity index is 3.19. The van der Waals surface area contributed by atoms with Gasteiger partial charge in [-0.15, -0.1) is 104 Å². The molecule has 2 aliphatic rings. The summed E-state index contributed by atoms with van der Waals surface area (Å²) < 4.78 is 0. The lowest BCUT2D eigenvalue weighted by molar-refractivity contribution is 0.0659. The van der Waals surface area contributed by atoms with E-state index < -0.39 is 45.4 Å². The Morgan fingerprint density at radius 2 is 0.958 bits per heavy atom. The molecule has 0 spiro atoms. The molecule has 5 atom stereocenters. The number of fused-ring (bicyclic) bond motifs is 2. The van der Waals surface area contributed by atoms with Gasteiger partial charge in [-0.3, -0.25) is 0 Å². The number of alkyl halides is 9. The zero-order valence-corrected chi connectivity index (χ0v) is 20.6. The summed E-state index contributed by atoms with van der Waals surface area (Å²) in [6, 6.07) is 0. The third kappa shape index (κ3) is 1.71. The van der Waals surface area contributed by atoms with Gasteiger partial charge in [0.2, 0.25) is 0 Å². The summed E-state index contributed by atoms with van der Waals surface area (Å²) >= 11 is 61.0. The molecule has 0 heterocycles. The molecule has 2 bridgehead atoms. The van der Waals surface area contributed by atoms with Crippen molar-refractivity contribution in [3.63, 3.8) is 0 Å². The third-order valence-electron chi connectivity index (χ3n) is 7.63. The van der Waals surface area contributed by atoms with E-state index in [-0.39, 0.29) is 5.88 Å². The second kappa shape index (κ2) is 5.82. The van der Waals surface area contributed by atoms with Crippen LogP contribution in [0.3, 0.4) is 0 Å². The van der Waals surface area contributed by atoms with Crippen LogP contribution in [0.1, 0.15) is 34.6 Å². The molecule has 2 saturated carbocycles. The normalized spacial score (nSPS) is 60.5. The fraction of sp³-hybridized carbons (Fsp3) is 1.00. The lowest BCUT2D eigenvalue weighted by Gasteiger charge is -2.62. The van der Waals surface area contributed by atoms with Gasteiger partial charge in [-0.1, -0.05) is 6.92 Å². The molecule has 9 heteroatoms. The topological polar surface area (TPSA) is 0 Å². The van der Waals surface area contributed by atoms with Crippen molar-refractivity contribution < 1.29 is 0 Å². The van der Waals surface area contributed by atoms with Crippen LogP contribution in [0.15, 0.2) is 0 Å². The predicted molar refractivity (Wildman–Crippen MR) is 112 cm³/mol. The summed E-state index contributed by atoms with van der Waals surface area (Å²) in [7, 11) is 0. The Kier molecular flexibility index (Phi) is 5.56. The summed E-state index contributed by atoms with van der Waals surface area (Å²) in [6.07, 6.45) is 0. The first-order valence-electron chi connectivity index (χ1n) is 7.33. The van der Waals surface area contributed by atoms with Crippen molar-refractivity contribution in [1.29, 1.82) is 0 Å². The Morgan fingerprint density at radius 3 is 1.12 bits per heavy atom. The fourth-order valence-corrected chi connectivity index (χ4v) is 11.6. The first-order valence-corrected chi connectivity index (χ1v) is 11.1. The Hall–Kier alpha value is 2.61. The van der Waals surface area contributed by atoms with Gasteiger partial charge in [0, 0.05) is 16.7 Å². The lowest BCUT2D eigenvalue weighted by atomic mass is 9.57. The van der Waals surface area contributed by atoms with Crippen LogP contribution in [0.25, 0.3) is 0 Å². The molecule has 0 aromatic heterocycles. The van der Waals surface area contributed by atoms with E-state index in [1.54, 1.807) is 27.7 Å². The average Bonchev–Trinajstić information content (AvgIpc) is 2.56. The minimum atomic E-state index is -1.28. The molecule has 0 aliphatic heterocycles. The highest BCUT2D eigenvalue weighted by Crippen LogP contribution is 2.92. The van der Waals surface area contributed by atoms with Gasteiger partial charge in [-0.2, -0.15) is 0 Å². The zero-order chi connectivity index (χ0) is 19.4. The maximum absolute atomic E-state index is 7.10. The third-order valence-corrected chi connectivity index (χ3v) is 12.5. The van der Waals surface area contributed by atoms with Crippen LogP contribution in [0, 0.1) is 16.2 Å². The van der Waals surface area contributed by atoms with Gasteiger partial charge in [0.25, 0.3) is 0 Å². The predicted octanol–water partition coefficient (Wildman–Crippen LogP) is 7.83. The molecule has 2 aliphatic carbocycles. The van der Waals surface area contributed by atoms with Gasteiger partial charge in [0.05, 0.1) is 24.9 Å². The van der Waals surface area contributed by atoms with Crippen LogP contribution in [0.2, 0.25) is 0 Å². The van der Waals surface area contributed by atoms with E-state index >= 15 is 0 Å². The van der Waals surface area contributed by atoms with Gasteiger partial charge in [-0.25, -0.2) is 0 Å². The van der Waals surface area contributed by atoms with Gasteiger partial charge < -0.3 is 0 Å². The van der Waals surface area contributed by atoms with Crippen molar-refractivity contribution >= 4 is 104 Å². The molecule has 0 N–H and O–H groups in total. The quantitative estimate of drug-likeness (QED) is 0.334. The monoisotopic (exact) mass is 514 g/mol. The largest absolute Gasteiger partial charge is 0.126 e. The summed E-state index contributed by atoms with van der Waals surface area (Å²) in [5.74, 6) is -0.00759. The van der Waals surface area contributed by atoms with Crippen LogP contribution in [-0.4, -0.2) is 35.0 Å². The van der Waals surface area contributed by atoms with Crippen molar-refractivity contribution in [2.75, 3.05) is 5.88 Å². The maximum atomic E-state index is 7.10. The molecule has 0 radical (unpaired) electrons. The maximum Gasteiger partial charge on any atom is 0.117 e. The molecule has 2 fully saturated rings. The number of hydrogen-bond donors (Lipinski definition) is 0. The number of halogens is 9. The van der Waals surface area contributed by atoms with Crippen LogP contribution >= 0.6 is 104 Å². The summed E-state index contributed by atoms with van der Waals surface area (Å²) in [4.78, 5) is -6.69. The van der Waals surface area contributed by atoms with E-state index in [1.165, 1.54) is 0 Å². The Bertz CT molecular complexity index is 521. The number of hydrogen-bond acceptors (Lipinski definition) is 0. The smallest absolute Gasteiger partial charge is 0.117 e. The first-order chi connectivity index (χ1) is 10.4. The van der Waals surface area contributed by atoms with Gasteiger partial charge >= 0.3 is 0 Å². The Labute approximate surface area is 189 Å². The molecule has 24 heavy (non-hydrogen) atoms. The zero-order valence-electron chi connectivity index (χ0n) is 13.8. The average molecular weight is 518 g/mol. The highest BCUT2D eigenvalue weighted by Gasteiger charge is 2.99. The van der Waals surface area contributed by atoms with E-state index in [1.807, 2.05) is 6.92 Å². The molecule has 0 saturated heterocycles. The second-order valence-corrected chi connectivity index (χ2v) is 13.1. The van der Waals surface area contributed by atoms with E-state index in [2.05, 4.69) is 0 Å². The van der Waals surface area contributed by atoms with Crippen molar-refractivity contribution in [1.82, 2.24) is 0 Å². The second-order valence-electron chi connectivity index (χ2n) is 7.65. The summed E-state index contributed by atoms with van der Waals surface area (Å²) in [5, 5.41) is 0. The van der Waals surface area contributed by atoms with E-state index in [0.29, 0.717) is 0 Å². The summed E-state index contributed by atoms with van der Waals surface area (Å²) in [5.41, 5.74) is -3.42. The summed E-state index contributed by atoms with van der Waals surface area (Å²) in [6.45, 7) is 8.98. The highest BCUT2D eigenvalue weighted by atomic mass is 35.5.